The van der Waals surface area contributed by atoms with Crippen LogP contribution < -0.4 is 0 Å². The summed E-state index contributed by atoms with van der Waals surface area (Å²) in [5.74, 6) is 1.04. The summed E-state index contributed by atoms with van der Waals surface area (Å²) in [6.45, 7) is 2.18. The smallest absolute Gasteiger partial charge is 0.166 e. The number of benzene rings is 1. The van der Waals surface area contributed by atoms with E-state index in [4.69, 9.17) is 23.2 Å². The molecular weight excluding hydrogens is 255 g/mol. The van der Waals surface area contributed by atoms with Crippen LogP contribution in [0.1, 0.15) is 43.0 Å². The minimum atomic E-state index is 0.221. The second kappa shape index (κ2) is 5.41. The molecule has 17 heavy (non-hydrogen) atoms. The van der Waals surface area contributed by atoms with Gasteiger partial charge in [-0.15, -0.1) is 0 Å². The molecule has 0 saturated heterocycles. The molecule has 0 unspecified atom stereocenters. The molecule has 92 valence electrons. The Balaban J connectivity index is 1.99. The highest BCUT2D eigenvalue weighted by atomic mass is 35.5. The van der Waals surface area contributed by atoms with Gasteiger partial charge in [0.15, 0.2) is 5.78 Å². The van der Waals surface area contributed by atoms with Crippen molar-refractivity contribution in [1.82, 2.24) is 0 Å². The highest BCUT2D eigenvalue weighted by Gasteiger charge is 2.42. The van der Waals surface area contributed by atoms with Crippen molar-refractivity contribution in [3.63, 3.8) is 0 Å². The quantitative estimate of drug-likeness (QED) is 0.688. The summed E-state index contributed by atoms with van der Waals surface area (Å²) in [6.07, 6.45) is 4.63. The highest BCUT2D eigenvalue weighted by molar-refractivity contribution is 6.42. The van der Waals surface area contributed by atoms with Gasteiger partial charge in [0.1, 0.15) is 0 Å². The average molecular weight is 271 g/mol. The number of hydrogen-bond donors (Lipinski definition) is 0. The Kier molecular flexibility index (Phi) is 4.11. The molecule has 3 heteroatoms. The van der Waals surface area contributed by atoms with Crippen molar-refractivity contribution in [2.75, 3.05) is 0 Å². The van der Waals surface area contributed by atoms with Crippen LogP contribution in [-0.2, 0) is 0 Å². The van der Waals surface area contributed by atoms with E-state index in [0.29, 0.717) is 21.5 Å². The van der Waals surface area contributed by atoms with Crippen molar-refractivity contribution < 1.29 is 4.79 Å². The van der Waals surface area contributed by atoms with Crippen molar-refractivity contribution in [2.24, 2.45) is 11.8 Å². The molecule has 1 saturated carbocycles. The van der Waals surface area contributed by atoms with Gasteiger partial charge in [-0.05, 0) is 37.0 Å². The lowest BCUT2D eigenvalue weighted by Crippen LogP contribution is -2.03. The maximum Gasteiger partial charge on any atom is 0.166 e. The molecule has 0 spiro atoms. The Hall–Kier alpha value is -0.530. The lowest BCUT2D eigenvalue weighted by Gasteiger charge is -2.02. The molecule has 0 aliphatic heterocycles. The predicted molar refractivity (Wildman–Crippen MR) is 71.9 cm³/mol. The average Bonchev–Trinajstić information content (AvgIpc) is 3.08. The Morgan fingerprint density at radius 1 is 1.35 bits per heavy atom. The minimum absolute atomic E-state index is 0.221. The summed E-state index contributed by atoms with van der Waals surface area (Å²) < 4.78 is 0. The summed E-state index contributed by atoms with van der Waals surface area (Å²) >= 11 is 11.8. The van der Waals surface area contributed by atoms with Crippen molar-refractivity contribution >= 4 is 29.0 Å². The molecule has 1 aromatic rings. The topological polar surface area (TPSA) is 17.1 Å². The number of carbonyl (C=O) groups is 1. The lowest BCUT2D eigenvalue weighted by atomic mass is 10.0. The molecule has 0 amide bonds. The molecule has 2 atom stereocenters. The minimum Gasteiger partial charge on any atom is -0.294 e. The first kappa shape index (κ1) is 12.9. The van der Waals surface area contributed by atoms with Gasteiger partial charge in [0.25, 0.3) is 0 Å². The number of unbranched alkanes of at least 4 members (excludes halogenated alkanes) is 1. The largest absolute Gasteiger partial charge is 0.294 e. The first-order valence-electron chi connectivity index (χ1n) is 6.12. The Morgan fingerprint density at radius 3 is 2.76 bits per heavy atom. The molecule has 0 N–H and O–H groups in total. The highest BCUT2D eigenvalue weighted by Crippen LogP contribution is 2.44. The van der Waals surface area contributed by atoms with Crippen LogP contribution >= 0.6 is 23.2 Å². The summed E-state index contributed by atoms with van der Waals surface area (Å²) in [6, 6.07) is 5.15. The van der Waals surface area contributed by atoms with E-state index in [1.54, 1.807) is 18.2 Å². The standard InChI is InChI=1S/C14H16Cl2O/c1-2-3-4-9-7-11(9)14(17)10-5-6-12(15)13(16)8-10/h5-6,8-9,11H,2-4,7H2,1H3/t9-,11-/m0/s1. The first-order chi connectivity index (χ1) is 8.13. The van der Waals surface area contributed by atoms with Crippen LogP contribution in [0.3, 0.4) is 0 Å². The summed E-state index contributed by atoms with van der Waals surface area (Å²) in [7, 11) is 0. The van der Waals surface area contributed by atoms with E-state index in [1.807, 2.05) is 0 Å². The second-order valence-electron chi connectivity index (χ2n) is 4.74. The molecule has 1 aromatic carbocycles. The second-order valence-corrected chi connectivity index (χ2v) is 5.55. The SMILES string of the molecule is CCCC[C@H]1C[C@@H]1C(=O)c1ccc(Cl)c(Cl)c1. The van der Waals surface area contributed by atoms with E-state index in [1.165, 1.54) is 19.3 Å². The third kappa shape index (κ3) is 3.02. The molecule has 0 heterocycles. The van der Waals surface area contributed by atoms with Crippen LogP contribution in [0.5, 0.6) is 0 Å². The number of hydrogen-bond acceptors (Lipinski definition) is 1. The molecule has 0 bridgehead atoms. The third-order valence-corrected chi connectivity index (χ3v) is 4.13. The van der Waals surface area contributed by atoms with E-state index in [2.05, 4.69) is 6.92 Å². The fourth-order valence-electron chi connectivity index (χ4n) is 2.22. The number of rotatable bonds is 5. The van der Waals surface area contributed by atoms with Crippen LogP contribution in [0.25, 0.3) is 0 Å². The van der Waals surface area contributed by atoms with E-state index in [-0.39, 0.29) is 11.7 Å². The Labute approximate surface area is 112 Å². The normalized spacial score (nSPS) is 22.5. The predicted octanol–water partition coefficient (Wildman–Crippen LogP) is 5.00. The zero-order valence-corrected chi connectivity index (χ0v) is 11.4. The molecule has 1 fully saturated rings. The summed E-state index contributed by atoms with van der Waals surface area (Å²) in [5.41, 5.74) is 0.698. The number of halogens is 2. The van der Waals surface area contributed by atoms with Crippen LogP contribution in [0, 0.1) is 11.8 Å². The first-order valence-corrected chi connectivity index (χ1v) is 6.88. The number of ketones is 1. The van der Waals surface area contributed by atoms with Gasteiger partial charge in [0.05, 0.1) is 10.0 Å². The van der Waals surface area contributed by atoms with Crippen molar-refractivity contribution in [3.8, 4) is 0 Å². The number of Topliss-reactive ketones (excluding diaryl/α,β-unsaturated/α-hetero) is 1. The fourth-order valence-corrected chi connectivity index (χ4v) is 2.52. The number of carbonyl (C=O) groups excluding carboxylic acids is 1. The summed E-state index contributed by atoms with van der Waals surface area (Å²) in [5, 5.41) is 0.963. The Morgan fingerprint density at radius 2 is 2.12 bits per heavy atom. The van der Waals surface area contributed by atoms with Crippen LogP contribution in [-0.4, -0.2) is 5.78 Å². The molecule has 1 aliphatic rings. The van der Waals surface area contributed by atoms with Crippen molar-refractivity contribution in [2.45, 2.75) is 32.6 Å². The molecule has 1 aliphatic carbocycles. The van der Waals surface area contributed by atoms with Gasteiger partial charge >= 0.3 is 0 Å². The molecule has 1 nitrogen and oxygen atoms in total. The van der Waals surface area contributed by atoms with Gasteiger partial charge in [-0.3, -0.25) is 4.79 Å². The molecule has 2 rings (SSSR count). The van der Waals surface area contributed by atoms with Crippen LogP contribution in [0.4, 0.5) is 0 Å². The maximum absolute atomic E-state index is 12.1. The van der Waals surface area contributed by atoms with Crippen molar-refractivity contribution in [3.05, 3.63) is 33.8 Å². The monoisotopic (exact) mass is 270 g/mol. The molecule has 0 aromatic heterocycles. The van der Waals surface area contributed by atoms with Gasteiger partial charge in [0.2, 0.25) is 0 Å². The van der Waals surface area contributed by atoms with E-state index in [9.17, 15) is 4.79 Å². The van der Waals surface area contributed by atoms with Gasteiger partial charge in [-0.2, -0.15) is 0 Å². The van der Waals surface area contributed by atoms with Crippen LogP contribution in [0.15, 0.2) is 18.2 Å². The van der Waals surface area contributed by atoms with Crippen LogP contribution in [0.2, 0.25) is 10.0 Å². The Bertz CT molecular complexity index is 428. The van der Waals surface area contributed by atoms with E-state index < -0.39 is 0 Å². The fraction of sp³-hybridized carbons (Fsp3) is 0.500. The van der Waals surface area contributed by atoms with Gasteiger partial charge in [0, 0.05) is 11.5 Å². The zero-order chi connectivity index (χ0) is 12.4. The molecular formula is C14H16Cl2O. The van der Waals surface area contributed by atoms with E-state index >= 15 is 0 Å². The summed E-state index contributed by atoms with van der Waals surface area (Å²) in [4.78, 5) is 12.1. The van der Waals surface area contributed by atoms with Gasteiger partial charge in [-0.1, -0.05) is 43.0 Å². The molecule has 0 radical (unpaired) electrons. The maximum atomic E-state index is 12.1. The van der Waals surface area contributed by atoms with Gasteiger partial charge < -0.3 is 0 Å². The lowest BCUT2D eigenvalue weighted by molar-refractivity contribution is 0.0960. The van der Waals surface area contributed by atoms with Crippen molar-refractivity contribution in [1.29, 1.82) is 0 Å². The zero-order valence-electron chi connectivity index (χ0n) is 9.88. The third-order valence-electron chi connectivity index (χ3n) is 3.39. The van der Waals surface area contributed by atoms with E-state index in [0.717, 1.165) is 6.42 Å². The van der Waals surface area contributed by atoms with Gasteiger partial charge in [-0.25, -0.2) is 0 Å².